The third-order valence-electron chi connectivity index (χ3n) is 4.30. The van der Waals surface area contributed by atoms with Crippen molar-refractivity contribution < 1.29 is 5.11 Å². The van der Waals surface area contributed by atoms with E-state index >= 15 is 0 Å². The third-order valence-corrected chi connectivity index (χ3v) is 4.30. The molecule has 0 amide bonds. The van der Waals surface area contributed by atoms with Gasteiger partial charge in [0, 0.05) is 0 Å². The first-order valence-corrected chi connectivity index (χ1v) is 9.43. The minimum absolute atomic E-state index is 0.238. The zero-order chi connectivity index (χ0) is 19.1. The first-order valence-electron chi connectivity index (χ1n) is 9.43. The fraction of sp³-hybridized carbons (Fsp3) is 0.500. The Bertz CT molecular complexity index is 595. The van der Waals surface area contributed by atoms with Gasteiger partial charge in [-0.2, -0.15) is 0 Å². The summed E-state index contributed by atoms with van der Waals surface area (Å²) in [5.41, 5.74) is 4.93. The van der Waals surface area contributed by atoms with Crippen molar-refractivity contribution in [2.24, 2.45) is 0 Å². The Morgan fingerprint density at radius 2 is 1.24 bits per heavy atom. The molecule has 1 N–H and O–H groups in total. The second-order valence-electron chi connectivity index (χ2n) is 8.86. The molecule has 0 heterocycles. The molecular weight excluding hydrogens is 304 g/mol. The molecule has 2 aromatic carbocycles. The molecule has 2 rings (SSSR count). The Balaban J connectivity index is 0.000000370. The Morgan fingerprint density at radius 1 is 0.760 bits per heavy atom. The summed E-state index contributed by atoms with van der Waals surface area (Å²) in [7, 11) is 0. The quantitative estimate of drug-likeness (QED) is 0.636. The third kappa shape index (κ3) is 7.77. The molecule has 0 aliphatic carbocycles. The number of rotatable bonds is 3. The van der Waals surface area contributed by atoms with Gasteiger partial charge in [-0.25, -0.2) is 0 Å². The van der Waals surface area contributed by atoms with Crippen LogP contribution < -0.4 is 0 Å². The van der Waals surface area contributed by atoms with Crippen LogP contribution in [-0.2, 0) is 17.3 Å². The van der Waals surface area contributed by atoms with Gasteiger partial charge in [0.25, 0.3) is 0 Å². The van der Waals surface area contributed by atoms with Crippen LogP contribution in [0.2, 0.25) is 0 Å². The summed E-state index contributed by atoms with van der Waals surface area (Å²) in [6, 6.07) is 15.9. The van der Waals surface area contributed by atoms with Gasteiger partial charge in [-0.1, -0.05) is 91.3 Å². The van der Waals surface area contributed by atoms with E-state index in [4.69, 9.17) is 5.11 Å². The highest BCUT2D eigenvalue weighted by Gasteiger charge is 2.20. The predicted octanol–water partition coefficient (Wildman–Crippen LogP) is 7.02. The molecule has 0 unspecified atom stereocenters. The summed E-state index contributed by atoms with van der Waals surface area (Å²) in [6.07, 6.45) is 3.77. The van der Waals surface area contributed by atoms with E-state index in [0.717, 1.165) is 0 Å². The van der Waals surface area contributed by atoms with Crippen molar-refractivity contribution in [1.82, 2.24) is 0 Å². The minimum Gasteiger partial charge on any atom is -0.508 e. The van der Waals surface area contributed by atoms with Gasteiger partial charge < -0.3 is 5.11 Å². The van der Waals surface area contributed by atoms with Crippen molar-refractivity contribution in [2.75, 3.05) is 0 Å². The molecule has 2 aromatic rings. The smallest absolute Gasteiger partial charge is 0.115 e. The van der Waals surface area contributed by atoms with E-state index in [-0.39, 0.29) is 10.8 Å². The minimum atomic E-state index is 0.238. The van der Waals surface area contributed by atoms with E-state index in [2.05, 4.69) is 66.7 Å². The molecule has 0 aliphatic rings. The topological polar surface area (TPSA) is 20.2 Å². The van der Waals surface area contributed by atoms with E-state index in [1.807, 2.05) is 6.07 Å². The van der Waals surface area contributed by atoms with Crippen molar-refractivity contribution in [3.63, 3.8) is 0 Å². The van der Waals surface area contributed by atoms with Crippen LogP contribution >= 0.6 is 0 Å². The summed E-state index contributed by atoms with van der Waals surface area (Å²) in [6.45, 7) is 16.1. The van der Waals surface area contributed by atoms with Crippen LogP contribution in [0, 0.1) is 0 Å². The molecule has 1 heteroatoms. The van der Waals surface area contributed by atoms with Crippen molar-refractivity contribution in [3.8, 4) is 5.75 Å². The first kappa shape index (κ1) is 21.3. The number of phenolic OH excluding ortho intramolecular Hbond substituents is 1. The average Bonchev–Trinajstić information content (AvgIpc) is 2.52. The van der Waals surface area contributed by atoms with Crippen LogP contribution in [0.1, 0.15) is 78.0 Å². The van der Waals surface area contributed by atoms with Crippen molar-refractivity contribution >= 4 is 0 Å². The van der Waals surface area contributed by atoms with Crippen molar-refractivity contribution in [3.05, 3.63) is 65.2 Å². The van der Waals surface area contributed by atoms with Gasteiger partial charge in [-0.05, 0) is 52.5 Å². The van der Waals surface area contributed by atoms with Crippen LogP contribution in [0.3, 0.4) is 0 Å². The molecule has 138 valence electrons. The second-order valence-corrected chi connectivity index (χ2v) is 8.86. The lowest BCUT2D eigenvalue weighted by atomic mass is 9.79. The largest absolute Gasteiger partial charge is 0.508 e. The lowest BCUT2D eigenvalue weighted by molar-refractivity contribution is 0.475. The average molecular weight is 341 g/mol. The molecule has 0 aliphatic heterocycles. The SMILES string of the molecule is CCCCc1cc(C(C)(C)C)cc(C(C)(C)C)c1.Oc1ccccc1. The van der Waals surface area contributed by atoms with Crippen LogP contribution in [0.4, 0.5) is 0 Å². The van der Waals surface area contributed by atoms with Crippen molar-refractivity contribution in [2.45, 2.75) is 78.6 Å². The number of hydrogen-bond acceptors (Lipinski definition) is 1. The number of phenols is 1. The lowest BCUT2D eigenvalue weighted by Crippen LogP contribution is -2.17. The molecule has 0 fully saturated rings. The molecule has 0 atom stereocenters. The van der Waals surface area contributed by atoms with Crippen LogP contribution in [0.5, 0.6) is 5.75 Å². The van der Waals surface area contributed by atoms with Gasteiger partial charge in [-0.3, -0.25) is 0 Å². The molecule has 0 spiro atoms. The molecular formula is C24H36O. The number of aryl methyl sites for hydroxylation is 1. The van der Waals surface area contributed by atoms with E-state index in [1.54, 1.807) is 24.3 Å². The van der Waals surface area contributed by atoms with Crippen LogP contribution in [-0.4, -0.2) is 5.11 Å². The summed E-state index contributed by atoms with van der Waals surface area (Å²) < 4.78 is 0. The van der Waals surface area contributed by atoms with E-state index < -0.39 is 0 Å². The zero-order valence-electron chi connectivity index (χ0n) is 17.2. The van der Waals surface area contributed by atoms with Gasteiger partial charge >= 0.3 is 0 Å². The Kier molecular flexibility index (Phi) is 7.73. The molecule has 0 saturated heterocycles. The fourth-order valence-corrected chi connectivity index (χ4v) is 2.51. The van der Waals surface area contributed by atoms with Gasteiger partial charge in [-0.15, -0.1) is 0 Å². The predicted molar refractivity (Wildman–Crippen MR) is 111 cm³/mol. The van der Waals surface area contributed by atoms with Crippen LogP contribution in [0.25, 0.3) is 0 Å². The molecule has 0 radical (unpaired) electrons. The van der Waals surface area contributed by atoms with Crippen LogP contribution in [0.15, 0.2) is 48.5 Å². The maximum atomic E-state index is 8.63. The highest BCUT2D eigenvalue weighted by atomic mass is 16.3. The Morgan fingerprint density at radius 3 is 1.56 bits per heavy atom. The zero-order valence-corrected chi connectivity index (χ0v) is 17.2. The lowest BCUT2D eigenvalue weighted by Gasteiger charge is -2.26. The van der Waals surface area contributed by atoms with E-state index in [0.29, 0.717) is 5.75 Å². The monoisotopic (exact) mass is 340 g/mol. The highest BCUT2D eigenvalue weighted by molar-refractivity contribution is 5.37. The van der Waals surface area contributed by atoms with Gasteiger partial charge in [0.05, 0.1) is 0 Å². The summed E-state index contributed by atoms with van der Waals surface area (Å²) in [5.74, 6) is 0.322. The molecule has 1 nitrogen and oxygen atoms in total. The first-order chi connectivity index (χ1) is 11.5. The number of aromatic hydroxyl groups is 1. The van der Waals surface area contributed by atoms with Gasteiger partial charge in [0.1, 0.15) is 5.75 Å². The van der Waals surface area contributed by atoms with E-state index in [1.165, 1.54) is 36.0 Å². The molecule has 0 aromatic heterocycles. The maximum absolute atomic E-state index is 8.63. The molecule has 0 bridgehead atoms. The standard InChI is InChI=1S/C18H30.C6H6O/c1-8-9-10-14-11-15(17(2,3)4)13-16(12-14)18(5,6)7;7-6-4-2-1-3-5-6/h11-13H,8-10H2,1-7H3;1-5,7H. The van der Waals surface area contributed by atoms with Gasteiger partial charge in [0.2, 0.25) is 0 Å². The second kappa shape index (κ2) is 9.08. The highest BCUT2D eigenvalue weighted by Crippen LogP contribution is 2.30. The van der Waals surface area contributed by atoms with Crippen molar-refractivity contribution in [1.29, 1.82) is 0 Å². The number of hydrogen-bond donors (Lipinski definition) is 1. The fourth-order valence-electron chi connectivity index (χ4n) is 2.51. The maximum Gasteiger partial charge on any atom is 0.115 e. The normalized spacial score (nSPS) is 11.6. The Hall–Kier alpha value is -1.76. The number of benzene rings is 2. The summed E-state index contributed by atoms with van der Waals surface area (Å²) in [5, 5.41) is 8.63. The van der Waals surface area contributed by atoms with Gasteiger partial charge in [0.15, 0.2) is 0 Å². The number of unbranched alkanes of at least 4 members (excludes halogenated alkanes) is 1. The summed E-state index contributed by atoms with van der Waals surface area (Å²) >= 11 is 0. The number of para-hydroxylation sites is 1. The van der Waals surface area contributed by atoms with E-state index in [9.17, 15) is 0 Å². The molecule has 25 heavy (non-hydrogen) atoms. The molecule has 0 saturated carbocycles. The summed E-state index contributed by atoms with van der Waals surface area (Å²) in [4.78, 5) is 0. The Labute approximate surface area is 155 Å².